The molecule has 2 atom stereocenters. The van der Waals surface area contributed by atoms with Crippen LogP contribution in [0, 0.1) is 5.92 Å². The van der Waals surface area contributed by atoms with E-state index in [1.807, 2.05) is 32.0 Å². The summed E-state index contributed by atoms with van der Waals surface area (Å²) in [6.45, 7) is 4.43. The monoisotopic (exact) mass is 254 g/mol. The van der Waals surface area contributed by atoms with E-state index in [0.29, 0.717) is 12.2 Å². The summed E-state index contributed by atoms with van der Waals surface area (Å²) in [5.74, 6) is 0.428. The molecule has 1 fully saturated rings. The van der Waals surface area contributed by atoms with Crippen LogP contribution in [0.2, 0.25) is 0 Å². The number of hydrogen-bond donors (Lipinski definition) is 1. The number of anilines is 1. The lowest BCUT2D eigenvalue weighted by atomic mass is 10.1. The SMILES string of the molecule is CC1CN(C(C)c2ccccc2N)S(=O)(=O)C1. The van der Waals surface area contributed by atoms with Gasteiger partial charge in [-0.05, 0) is 24.5 Å². The van der Waals surface area contributed by atoms with Crippen LogP contribution < -0.4 is 5.73 Å². The molecule has 0 saturated carbocycles. The normalized spacial score (nSPS) is 25.9. The molecule has 0 radical (unpaired) electrons. The summed E-state index contributed by atoms with van der Waals surface area (Å²) >= 11 is 0. The maximum Gasteiger partial charge on any atom is 0.214 e. The minimum Gasteiger partial charge on any atom is -0.398 e. The van der Waals surface area contributed by atoms with Gasteiger partial charge in [-0.25, -0.2) is 8.42 Å². The van der Waals surface area contributed by atoms with Gasteiger partial charge in [-0.2, -0.15) is 4.31 Å². The maximum absolute atomic E-state index is 12.0. The van der Waals surface area contributed by atoms with Crippen LogP contribution in [0.4, 0.5) is 5.69 Å². The molecule has 0 bridgehead atoms. The van der Waals surface area contributed by atoms with Gasteiger partial charge in [0.05, 0.1) is 5.75 Å². The molecule has 4 nitrogen and oxygen atoms in total. The predicted molar refractivity (Wildman–Crippen MR) is 68.9 cm³/mol. The standard InChI is InChI=1S/C12H18N2O2S/c1-9-7-14(17(15,16)8-9)10(2)11-5-3-4-6-12(11)13/h3-6,9-10H,7-8,13H2,1-2H3. The van der Waals surface area contributed by atoms with Crippen molar-refractivity contribution < 1.29 is 8.42 Å². The van der Waals surface area contributed by atoms with Gasteiger partial charge >= 0.3 is 0 Å². The minimum atomic E-state index is -3.12. The smallest absolute Gasteiger partial charge is 0.214 e. The van der Waals surface area contributed by atoms with Crippen molar-refractivity contribution in [3.8, 4) is 0 Å². The highest BCUT2D eigenvalue weighted by Gasteiger charge is 2.37. The largest absolute Gasteiger partial charge is 0.398 e. The number of sulfonamides is 1. The molecule has 1 aliphatic rings. The zero-order chi connectivity index (χ0) is 12.6. The van der Waals surface area contributed by atoms with Crippen molar-refractivity contribution in [2.45, 2.75) is 19.9 Å². The van der Waals surface area contributed by atoms with Crippen LogP contribution in [-0.2, 0) is 10.0 Å². The van der Waals surface area contributed by atoms with E-state index in [0.717, 1.165) is 5.56 Å². The average molecular weight is 254 g/mol. The van der Waals surface area contributed by atoms with Crippen LogP contribution >= 0.6 is 0 Å². The van der Waals surface area contributed by atoms with Crippen LogP contribution in [0.1, 0.15) is 25.5 Å². The highest BCUT2D eigenvalue weighted by molar-refractivity contribution is 7.89. The highest BCUT2D eigenvalue weighted by Crippen LogP contribution is 2.32. The van der Waals surface area contributed by atoms with Crippen molar-refractivity contribution in [2.24, 2.45) is 5.92 Å². The summed E-state index contributed by atoms with van der Waals surface area (Å²) in [4.78, 5) is 0. The summed E-state index contributed by atoms with van der Waals surface area (Å²) in [7, 11) is -3.12. The average Bonchev–Trinajstić information content (AvgIpc) is 2.51. The second-order valence-corrected chi connectivity index (χ2v) is 6.72. The van der Waals surface area contributed by atoms with Gasteiger partial charge in [-0.3, -0.25) is 0 Å². The quantitative estimate of drug-likeness (QED) is 0.816. The van der Waals surface area contributed by atoms with Gasteiger partial charge in [0.15, 0.2) is 0 Å². The van der Waals surface area contributed by atoms with E-state index >= 15 is 0 Å². The number of rotatable bonds is 2. The lowest BCUT2D eigenvalue weighted by Crippen LogP contribution is -2.29. The van der Waals surface area contributed by atoms with Crippen molar-refractivity contribution in [1.29, 1.82) is 0 Å². The first-order chi connectivity index (χ1) is 7.92. The Morgan fingerprint density at radius 1 is 1.41 bits per heavy atom. The fraction of sp³-hybridized carbons (Fsp3) is 0.500. The van der Waals surface area contributed by atoms with Gasteiger partial charge in [-0.1, -0.05) is 25.1 Å². The Morgan fingerprint density at radius 3 is 2.59 bits per heavy atom. The van der Waals surface area contributed by atoms with Crippen molar-refractivity contribution in [3.63, 3.8) is 0 Å². The Kier molecular flexibility index (Phi) is 3.14. The lowest BCUT2D eigenvalue weighted by Gasteiger charge is -2.24. The molecule has 1 heterocycles. The van der Waals surface area contributed by atoms with Crippen molar-refractivity contribution in [2.75, 3.05) is 18.0 Å². The second kappa shape index (κ2) is 4.31. The molecule has 0 amide bonds. The molecule has 2 N–H and O–H groups in total. The number of para-hydroxylation sites is 1. The van der Waals surface area contributed by atoms with E-state index < -0.39 is 10.0 Å². The van der Waals surface area contributed by atoms with Gasteiger partial charge in [0.25, 0.3) is 0 Å². The number of hydrogen-bond acceptors (Lipinski definition) is 3. The van der Waals surface area contributed by atoms with Gasteiger partial charge in [0.1, 0.15) is 0 Å². The summed E-state index contributed by atoms with van der Waals surface area (Å²) in [5, 5.41) is 0. The molecule has 1 aliphatic heterocycles. The molecular formula is C12H18N2O2S. The van der Waals surface area contributed by atoms with Gasteiger partial charge < -0.3 is 5.73 Å². The molecule has 1 saturated heterocycles. The Bertz CT molecular complexity index is 513. The van der Waals surface area contributed by atoms with E-state index in [1.54, 1.807) is 10.4 Å². The van der Waals surface area contributed by atoms with E-state index in [2.05, 4.69) is 0 Å². The van der Waals surface area contributed by atoms with Crippen LogP contribution in [0.15, 0.2) is 24.3 Å². The zero-order valence-electron chi connectivity index (χ0n) is 10.1. The first-order valence-corrected chi connectivity index (χ1v) is 7.36. The fourth-order valence-corrected chi connectivity index (χ4v) is 4.47. The van der Waals surface area contributed by atoms with Crippen molar-refractivity contribution >= 4 is 15.7 Å². The molecule has 2 unspecified atom stereocenters. The van der Waals surface area contributed by atoms with Crippen LogP contribution in [-0.4, -0.2) is 25.0 Å². The van der Waals surface area contributed by atoms with E-state index in [-0.39, 0.29) is 17.7 Å². The lowest BCUT2D eigenvalue weighted by molar-refractivity contribution is 0.346. The van der Waals surface area contributed by atoms with Crippen LogP contribution in [0.5, 0.6) is 0 Å². The third-order valence-corrected chi connectivity index (χ3v) is 5.39. The number of benzene rings is 1. The summed E-state index contributed by atoms with van der Waals surface area (Å²) in [6.07, 6.45) is 0. The van der Waals surface area contributed by atoms with Gasteiger partial charge in [0, 0.05) is 18.3 Å². The molecule has 17 heavy (non-hydrogen) atoms. The molecule has 5 heteroatoms. The van der Waals surface area contributed by atoms with Crippen LogP contribution in [0.25, 0.3) is 0 Å². The van der Waals surface area contributed by atoms with Gasteiger partial charge in [0.2, 0.25) is 10.0 Å². The Hall–Kier alpha value is -1.07. The third-order valence-electron chi connectivity index (χ3n) is 3.22. The summed E-state index contributed by atoms with van der Waals surface area (Å²) in [6, 6.07) is 7.24. The first-order valence-electron chi connectivity index (χ1n) is 5.75. The number of nitrogens with zero attached hydrogens (tertiary/aromatic N) is 1. The molecule has 1 aromatic carbocycles. The molecule has 0 aliphatic carbocycles. The van der Waals surface area contributed by atoms with Gasteiger partial charge in [-0.15, -0.1) is 0 Å². The number of nitrogens with two attached hydrogens (primary N) is 1. The Balaban J connectivity index is 2.33. The predicted octanol–water partition coefficient (Wildman–Crippen LogP) is 1.61. The molecule has 0 spiro atoms. The number of nitrogen functional groups attached to an aromatic ring is 1. The molecule has 94 valence electrons. The first kappa shape index (κ1) is 12.4. The van der Waals surface area contributed by atoms with Crippen molar-refractivity contribution in [3.05, 3.63) is 29.8 Å². The topological polar surface area (TPSA) is 63.4 Å². The van der Waals surface area contributed by atoms with E-state index in [9.17, 15) is 8.42 Å². The molecule has 0 aromatic heterocycles. The molecule has 2 rings (SSSR count). The van der Waals surface area contributed by atoms with E-state index in [1.165, 1.54) is 0 Å². The van der Waals surface area contributed by atoms with E-state index in [4.69, 9.17) is 5.73 Å². The fourth-order valence-electron chi connectivity index (χ4n) is 2.37. The highest BCUT2D eigenvalue weighted by atomic mass is 32.2. The van der Waals surface area contributed by atoms with Crippen molar-refractivity contribution in [1.82, 2.24) is 4.31 Å². The Labute approximate surface area is 102 Å². The maximum atomic E-state index is 12.0. The summed E-state index contributed by atoms with van der Waals surface area (Å²) < 4.78 is 25.5. The third kappa shape index (κ3) is 2.30. The van der Waals surface area contributed by atoms with Crippen LogP contribution in [0.3, 0.4) is 0 Å². The second-order valence-electron chi connectivity index (χ2n) is 4.76. The molecule has 1 aromatic rings. The summed E-state index contributed by atoms with van der Waals surface area (Å²) in [5.41, 5.74) is 7.42. The minimum absolute atomic E-state index is 0.187. The zero-order valence-corrected chi connectivity index (χ0v) is 10.9. The Morgan fingerprint density at radius 2 is 2.06 bits per heavy atom. The molecular weight excluding hydrogens is 236 g/mol.